The van der Waals surface area contributed by atoms with Gasteiger partial charge in [-0.2, -0.15) is 4.98 Å². The summed E-state index contributed by atoms with van der Waals surface area (Å²) < 4.78 is 4.95. The molecule has 0 aliphatic heterocycles. The molecule has 19 heavy (non-hydrogen) atoms. The van der Waals surface area contributed by atoms with Crippen LogP contribution in [0.1, 0.15) is 23.3 Å². The molecule has 0 spiro atoms. The second kappa shape index (κ2) is 6.10. The zero-order valence-corrected chi connectivity index (χ0v) is 10.7. The van der Waals surface area contributed by atoms with E-state index in [1.54, 1.807) is 6.92 Å². The van der Waals surface area contributed by atoms with Crippen LogP contribution in [-0.2, 0) is 11.2 Å². The van der Waals surface area contributed by atoms with Gasteiger partial charge in [0.2, 0.25) is 11.8 Å². The molecule has 0 fully saturated rings. The molecule has 2 rings (SSSR count). The van der Waals surface area contributed by atoms with Gasteiger partial charge in [0.1, 0.15) is 6.04 Å². The Bertz CT molecular complexity index is 539. The molecule has 2 aromatic rings. The minimum atomic E-state index is -0.661. The molecule has 0 saturated heterocycles. The molecule has 6 heteroatoms. The van der Waals surface area contributed by atoms with Crippen molar-refractivity contribution in [1.82, 2.24) is 15.5 Å². The second-order valence-corrected chi connectivity index (χ2v) is 4.16. The van der Waals surface area contributed by atoms with Gasteiger partial charge < -0.3 is 15.6 Å². The predicted octanol–water partition coefficient (Wildman–Crippen LogP) is 0.737. The molecule has 1 atom stereocenters. The Balaban J connectivity index is 1.81. The zero-order chi connectivity index (χ0) is 13.7. The monoisotopic (exact) mass is 260 g/mol. The van der Waals surface area contributed by atoms with Gasteiger partial charge in [0.05, 0.1) is 0 Å². The number of hydrogen-bond acceptors (Lipinski definition) is 5. The third-order valence-corrected chi connectivity index (χ3v) is 2.65. The molecule has 1 aromatic carbocycles. The second-order valence-electron chi connectivity index (χ2n) is 4.16. The summed E-state index contributed by atoms with van der Waals surface area (Å²) >= 11 is 0. The molecule has 0 bridgehead atoms. The zero-order valence-electron chi connectivity index (χ0n) is 10.7. The fraction of sp³-hybridized carbons (Fsp3) is 0.308. The topological polar surface area (TPSA) is 94.0 Å². The van der Waals surface area contributed by atoms with Gasteiger partial charge in [-0.15, -0.1) is 0 Å². The first-order valence-electron chi connectivity index (χ1n) is 6.04. The van der Waals surface area contributed by atoms with Gasteiger partial charge in [-0.05, 0) is 12.5 Å². The molecule has 0 aliphatic carbocycles. The van der Waals surface area contributed by atoms with E-state index in [-0.39, 0.29) is 5.91 Å². The van der Waals surface area contributed by atoms with Crippen molar-refractivity contribution in [3.63, 3.8) is 0 Å². The molecular weight excluding hydrogens is 244 g/mol. The third kappa shape index (κ3) is 3.62. The van der Waals surface area contributed by atoms with Crippen LogP contribution in [0.3, 0.4) is 0 Å². The van der Waals surface area contributed by atoms with Crippen LogP contribution in [0.2, 0.25) is 0 Å². The van der Waals surface area contributed by atoms with Crippen molar-refractivity contribution < 1.29 is 9.32 Å². The Kier molecular flexibility index (Phi) is 4.25. The Morgan fingerprint density at radius 2 is 2.16 bits per heavy atom. The smallest absolute Gasteiger partial charge is 0.241 e. The minimum Gasteiger partial charge on any atom is -0.354 e. The lowest BCUT2D eigenvalue weighted by Crippen LogP contribution is -2.35. The lowest BCUT2D eigenvalue weighted by Gasteiger charge is -2.11. The summed E-state index contributed by atoms with van der Waals surface area (Å²) in [5, 5.41) is 6.42. The van der Waals surface area contributed by atoms with Crippen LogP contribution in [0.15, 0.2) is 34.9 Å². The number of nitrogens with two attached hydrogens (primary N) is 1. The van der Waals surface area contributed by atoms with Crippen molar-refractivity contribution in [1.29, 1.82) is 0 Å². The van der Waals surface area contributed by atoms with Gasteiger partial charge in [-0.25, -0.2) is 0 Å². The number of carbonyl (C=O) groups excluding carboxylic acids is 1. The van der Waals surface area contributed by atoms with Crippen LogP contribution < -0.4 is 11.1 Å². The van der Waals surface area contributed by atoms with Crippen molar-refractivity contribution in [3.05, 3.63) is 47.6 Å². The largest absolute Gasteiger partial charge is 0.354 e. The summed E-state index contributed by atoms with van der Waals surface area (Å²) in [4.78, 5) is 15.9. The average molecular weight is 260 g/mol. The fourth-order valence-corrected chi connectivity index (χ4v) is 1.66. The Morgan fingerprint density at radius 3 is 2.79 bits per heavy atom. The summed E-state index contributed by atoms with van der Waals surface area (Å²) in [6.45, 7) is 2.16. The fourth-order valence-electron chi connectivity index (χ4n) is 1.66. The molecule has 0 saturated carbocycles. The summed E-state index contributed by atoms with van der Waals surface area (Å²) in [7, 11) is 0. The van der Waals surface area contributed by atoms with E-state index in [2.05, 4.69) is 15.5 Å². The van der Waals surface area contributed by atoms with E-state index in [0.717, 1.165) is 5.56 Å². The van der Waals surface area contributed by atoms with Gasteiger partial charge in [-0.3, -0.25) is 4.79 Å². The van der Waals surface area contributed by atoms with Crippen LogP contribution in [-0.4, -0.2) is 22.6 Å². The van der Waals surface area contributed by atoms with E-state index in [0.29, 0.717) is 24.7 Å². The molecule has 1 amide bonds. The van der Waals surface area contributed by atoms with E-state index in [1.807, 2.05) is 30.3 Å². The first kappa shape index (κ1) is 13.2. The standard InChI is InChI=1S/C13H16N4O2/c1-9-16-11(19-17-9)7-8-15-13(18)12(14)10-5-3-2-4-6-10/h2-6,12H,7-8,14H2,1H3,(H,15,18)/t12-/m1/s1. The number of benzene rings is 1. The minimum absolute atomic E-state index is 0.220. The molecule has 1 heterocycles. The van der Waals surface area contributed by atoms with Crippen LogP contribution in [0.5, 0.6) is 0 Å². The number of aromatic nitrogens is 2. The predicted molar refractivity (Wildman–Crippen MR) is 69.1 cm³/mol. The highest BCUT2D eigenvalue weighted by Gasteiger charge is 2.15. The molecule has 0 aliphatic rings. The maximum atomic E-state index is 11.8. The van der Waals surface area contributed by atoms with Gasteiger partial charge >= 0.3 is 0 Å². The highest BCUT2D eigenvalue weighted by molar-refractivity contribution is 5.82. The first-order chi connectivity index (χ1) is 9.16. The molecular formula is C13H16N4O2. The summed E-state index contributed by atoms with van der Waals surface area (Å²) in [6.07, 6.45) is 0.494. The number of nitrogens with one attached hydrogen (secondary N) is 1. The maximum Gasteiger partial charge on any atom is 0.241 e. The van der Waals surface area contributed by atoms with Crippen molar-refractivity contribution >= 4 is 5.91 Å². The van der Waals surface area contributed by atoms with Crippen LogP contribution in [0.4, 0.5) is 0 Å². The van der Waals surface area contributed by atoms with Crippen molar-refractivity contribution in [2.24, 2.45) is 5.73 Å². The van der Waals surface area contributed by atoms with E-state index in [4.69, 9.17) is 10.3 Å². The van der Waals surface area contributed by atoms with E-state index < -0.39 is 6.04 Å². The molecule has 3 N–H and O–H groups in total. The number of aryl methyl sites for hydroxylation is 1. The van der Waals surface area contributed by atoms with E-state index >= 15 is 0 Å². The van der Waals surface area contributed by atoms with Crippen molar-refractivity contribution in [3.8, 4) is 0 Å². The summed E-state index contributed by atoms with van der Waals surface area (Å²) in [6, 6.07) is 8.57. The quantitative estimate of drug-likeness (QED) is 0.826. The van der Waals surface area contributed by atoms with E-state index in [9.17, 15) is 4.79 Å². The summed E-state index contributed by atoms with van der Waals surface area (Å²) in [5.41, 5.74) is 6.64. The Hall–Kier alpha value is -2.21. The Labute approximate surface area is 111 Å². The van der Waals surface area contributed by atoms with Crippen molar-refractivity contribution in [2.45, 2.75) is 19.4 Å². The molecule has 0 unspecified atom stereocenters. The van der Waals surface area contributed by atoms with Gasteiger partial charge in [-0.1, -0.05) is 35.5 Å². The Morgan fingerprint density at radius 1 is 1.42 bits per heavy atom. The molecule has 1 aromatic heterocycles. The van der Waals surface area contributed by atoms with E-state index in [1.165, 1.54) is 0 Å². The van der Waals surface area contributed by atoms with Crippen LogP contribution in [0, 0.1) is 6.92 Å². The third-order valence-electron chi connectivity index (χ3n) is 2.65. The van der Waals surface area contributed by atoms with Crippen molar-refractivity contribution in [2.75, 3.05) is 6.54 Å². The van der Waals surface area contributed by atoms with Crippen LogP contribution in [0.25, 0.3) is 0 Å². The van der Waals surface area contributed by atoms with Crippen LogP contribution >= 0.6 is 0 Å². The first-order valence-corrected chi connectivity index (χ1v) is 6.04. The number of nitrogens with zero attached hydrogens (tertiary/aromatic N) is 2. The number of hydrogen-bond donors (Lipinski definition) is 2. The highest BCUT2D eigenvalue weighted by atomic mass is 16.5. The summed E-state index contributed by atoms with van der Waals surface area (Å²) in [5.74, 6) is 0.871. The molecule has 100 valence electrons. The van der Waals surface area contributed by atoms with Gasteiger partial charge in [0, 0.05) is 13.0 Å². The number of rotatable bonds is 5. The maximum absolute atomic E-state index is 11.8. The average Bonchev–Trinajstić information content (AvgIpc) is 2.84. The van der Waals surface area contributed by atoms with Gasteiger partial charge in [0.25, 0.3) is 0 Å². The number of carbonyl (C=O) groups is 1. The number of amides is 1. The lowest BCUT2D eigenvalue weighted by atomic mass is 10.1. The normalized spacial score (nSPS) is 12.1. The highest BCUT2D eigenvalue weighted by Crippen LogP contribution is 2.09. The SMILES string of the molecule is Cc1noc(CCNC(=O)[C@H](N)c2ccccc2)n1. The molecule has 0 radical (unpaired) electrons. The van der Waals surface area contributed by atoms with Gasteiger partial charge in [0.15, 0.2) is 5.82 Å². The lowest BCUT2D eigenvalue weighted by molar-refractivity contribution is -0.122. The molecule has 6 nitrogen and oxygen atoms in total.